The van der Waals surface area contributed by atoms with Crippen molar-refractivity contribution >= 4 is 23.4 Å². The molecule has 18 heavy (non-hydrogen) atoms. The van der Waals surface area contributed by atoms with E-state index in [0.29, 0.717) is 5.02 Å². The van der Waals surface area contributed by atoms with Crippen LogP contribution in [-0.2, 0) is 7.05 Å². The lowest BCUT2D eigenvalue weighted by Gasteiger charge is -2.19. The minimum Gasteiger partial charge on any atom is -0.327 e. The van der Waals surface area contributed by atoms with Gasteiger partial charge in [0.15, 0.2) is 0 Å². The molecule has 2 atom stereocenters. The Morgan fingerprint density at radius 2 is 2.22 bits per heavy atom. The number of nitrogens with zero attached hydrogens (tertiary/aromatic N) is 4. The fourth-order valence-corrected chi connectivity index (χ4v) is 2.79. The van der Waals surface area contributed by atoms with Gasteiger partial charge in [-0.3, -0.25) is 0 Å². The molecule has 1 aromatic carbocycles. The van der Waals surface area contributed by atoms with Gasteiger partial charge in [-0.1, -0.05) is 35.5 Å². The smallest absolute Gasteiger partial charge is 0.209 e. The summed E-state index contributed by atoms with van der Waals surface area (Å²) >= 11 is 7.55. The van der Waals surface area contributed by atoms with Crippen molar-refractivity contribution < 1.29 is 0 Å². The number of halogens is 1. The third-order valence-corrected chi connectivity index (χ3v) is 4.22. The van der Waals surface area contributed by atoms with Crippen molar-refractivity contribution in [1.29, 1.82) is 0 Å². The molecular weight excluding hydrogens is 270 g/mol. The van der Waals surface area contributed by atoms with Crippen LogP contribution in [0, 0.1) is 0 Å². The summed E-state index contributed by atoms with van der Waals surface area (Å²) in [6.07, 6.45) is 0. The molecule has 0 aliphatic rings. The molecule has 0 spiro atoms. The number of rotatable bonds is 4. The minimum atomic E-state index is -0.0369. The highest BCUT2D eigenvalue weighted by atomic mass is 35.5. The molecule has 2 rings (SSSR count). The van der Waals surface area contributed by atoms with Gasteiger partial charge in [0.1, 0.15) is 0 Å². The molecule has 0 bridgehead atoms. The predicted octanol–water partition coefficient (Wildman–Crippen LogP) is 2.04. The maximum Gasteiger partial charge on any atom is 0.209 e. The van der Waals surface area contributed by atoms with Crippen molar-refractivity contribution in [3.05, 3.63) is 34.9 Å². The number of benzene rings is 1. The minimum absolute atomic E-state index is 0.0369. The summed E-state index contributed by atoms with van der Waals surface area (Å²) in [5, 5.41) is 12.9. The first kappa shape index (κ1) is 13.3. The predicted molar refractivity (Wildman–Crippen MR) is 72.5 cm³/mol. The summed E-state index contributed by atoms with van der Waals surface area (Å²) in [7, 11) is 1.80. The standard InChI is InChI=1S/C11H14ClN5S/c1-7(13)10(8-4-3-5-9(12)6-8)18-11-14-15-16-17(11)2/h3-7,10H,13H2,1-2H3. The summed E-state index contributed by atoms with van der Waals surface area (Å²) in [5.41, 5.74) is 7.12. The second-order valence-corrected chi connectivity index (χ2v) is 5.58. The molecule has 2 N–H and O–H groups in total. The summed E-state index contributed by atoms with van der Waals surface area (Å²) in [5.74, 6) is 0. The van der Waals surface area contributed by atoms with Crippen molar-refractivity contribution in [1.82, 2.24) is 20.2 Å². The lowest BCUT2D eigenvalue weighted by atomic mass is 10.1. The third kappa shape index (κ3) is 3.01. The molecular formula is C11H14ClN5S. The van der Waals surface area contributed by atoms with Gasteiger partial charge >= 0.3 is 0 Å². The molecule has 0 aliphatic carbocycles. The monoisotopic (exact) mass is 283 g/mol. The van der Waals surface area contributed by atoms with E-state index in [0.717, 1.165) is 10.7 Å². The van der Waals surface area contributed by atoms with Gasteiger partial charge in [-0.2, -0.15) is 0 Å². The van der Waals surface area contributed by atoms with E-state index < -0.39 is 0 Å². The second-order valence-electron chi connectivity index (χ2n) is 4.04. The van der Waals surface area contributed by atoms with Gasteiger partial charge in [0.2, 0.25) is 5.16 Å². The molecule has 0 saturated heterocycles. The molecule has 0 amide bonds. The van der Waals surface area contributed by atoms with E-state index in [1.54, 1.807) is 11.7 Å². The Hall–Kier alpha value is -1.11. The van der Waals surface area contributed by atoms with E-state index in [1.165, 1.54) is 11.8 Å². The molecule has 2 aromatic rings. The topological polar surface area (TPSA) is 69.6 Å². The zero-order valence-corrected chi connectivity index (χ0v) is 11.7. The van der Waals surface area contributed by atoms with Crippen LogP contribution in [0.2, 0.25) is 5.02 Å². The van der Waals surface area contributed by atoms with Crippen LogP contribution in [0.5, 0.6) is 0 Å². The largest absolute Gasteiger partial charge is 0.327 e. The fourth-order valence-electron chi connectivity index (χ4n) is 1.60. The lowest BCUT2D eigenvalue weighted by molar-refractivity contribution is 0.657. The number of hydrogen-bond donors (Lipinski definition) is 1. The summed E-state index contributed by atoms with van der Waals surface area (Å²) in [6.45, 7) is 1.96. The van der Waals surface area contributed by atoms with Crippen molar-refractivity contribution in [2.24, 2.45) is 12.8 Å². The first-order valence-corrected chi connectivity index (χ1v) is 6.73. The Morgan fingerprint density at radius 3 is 2.78 bits per heavy atom. The zero-order chi connectivity index (χ0) is 13.1. The maximum atomic E-state index is 6.04. The Kier molecular flexibility index (Phi) is 4.21. The molecule has 5 nitrogen and oxygen atoms in total. The van der Waals surface area contributed by atoms with E-state index >= 15 is 0 Å². The summed E-state index contributed by atoms with van der Waals surface area (Å²) in [6, 6.07) is 7.66. The van der Waals surface area contributed by atoms with Crippen molar-refractivity contribution in [3.8, 4) is 0 Å². The van der Waals surface area contributed by atoms with Gasteiger partial charge in [-0.05, 0) is 35.0 Å². The molecule has 2 unspecified atom stereocenters. The van der Waals surface area contributed by atoms with Crippen LogP contribution < -0.4 is 5.73 Å². The number of hydrogen-bond acceptors (Lipinski definition) is 5. The van der Waals surface area contributed by atoms with Gasteiger partial charge < -0.3 is 5.73 Å². The molecule has 1 heterocycles. The molecule has 7 heteroatoms. The number of nitrogens with two attached hydrogens (primary N) is 1. The third-order valence-electron chi connectivity index (χ3n) is 2.47. The highest BCUT2D eigenvalue weighted by Gasteiger charge is 2.20. The van der Waals surface area contributed by atoms with Crippen LogP contribution in [0.3, 0.4) is 0 Å². The first-order valence-electron chi connectivity index (χ1n) is 5.48. The van der Waals surface area contributed by atoms with Crippen LogP contribution in [0.4, 0.5) is 0 Å². The van der Waals surface area contributed by atoms with E-state index in [2.05, 4.69) is 15.5 Å². The van der Waals surface area contributed by atoms with E-state index in [9.17, 15) is 0 Å². The lowest BCUT2D eigenvalue weighted by Crippen LogP contribution is -2.23. The van der Waals surface area contributed by atoms with Crippen LogP contribution in [0.25, 0.3) is 0 Å². The van der Waals surface area contributed by atoms with E-state index in [4.69, 9.17) is 17.3 Å². The van der Waals surface area contributed by atoms with Crippen LogP contribution >= 0.6 is 23.4 Å². The molecule has 0 fully saturated rings. The molecule has 0 saturated carbocycles. The van der Waals surface area contributed by atoms with Gasteiger partial charge in [0.25, 0.3) is 0 Å². The van der Waals surface area contributed by atoms with Crippen molar-refractivity contribution in [2.45, 2.75) is 23.4 Å². The SMILES string of the molecule is CC(N)C(Sc1nnnn1C)c1cccc(Cl)c1. The van der Waals surface area contributed by atoms with E-state index in [1.807, 2.05) is 31.2 Å². The highest BCUT2D eigenvalue weighted by molar-refractivity contribution is 7.99. The molecule has 96 valence electrons. The normalized spacial score (nSPS) is 14.4. The van der Waals surface area contributed by atoms with Crippen LogP contribution in [0.1, 0.15) is 17.7 Å². The number of thioether (sulfide) groups is 1. The number of tetrazole rings is 1. The van der Waals surface area contributed by atoms with Crippen molar-refractivity contribution in [3.63, 3.8) is 0 Å². The summed E-state index contributed by atoms with van der Waals surface area (Å²) < 4.78 is 1.63. The van der Waals surface area contributed by atoms with Crippen LogP contribution in [-0.4, -0.2) is 26.2 Å². The van der Waals surface area contributed by atoms with Gasteiger partial charge in [0, 0.05) is 18.1 Å². The highest BCUT2D eigenvalue weighted by Crippen LogP contribution is 2.36. The first-order chi connectivity index (χ1) is 8.58. The molecule has 1 aromatic heterocycles. The molecule has 0 aliphatic heterocycles. The fraction of sp³-hybridized carbons (Fsp3) is 0.364. The Bertz CT molecular complexity index is 528. The van der Waals surface area contributed by atoms with Crippen molar-refractivity contribution in [2.75, 3.05) is 0 Å². The van der Waals surface area contributed by atoms with Gasteiger partial charge in [-0.25, -0.2) is 4.68 Å². The number of aromatic nitrogens is 4. The Morgan fingerprint density at radius 1 is 1.44 bits per heavy atom. The second kappa shape index (κ2) is 5.69. The van der Waals surface area contributed by atoms with Gasteiger partial charge in [-0.15, -0.1) is 5.10 Å². The maximum absolute atomic E-state index is 6.04. The average Bonchev–Trinajstić information content (AvgIpc) is 2.71. The average molecular weight is 284 g/mol. The van der Waals surface area contributed by atoms with Crippen LogP contribution in [0.15, 0.2) is 29.4 Å². The number of aryl methyl sites for hydroxylation is 1. The van der Waals surface area contributed by atoms with Gasteiger partial charge in [0.05, 0.1) is 5.25 Å². The Balaban J connectivity index is 2.27. The zero-order valence-electron chi connectivity index (χ0n) is 10.1. The Labute approximate surface area is 115 Å². The molecule has 0 radical (unpaired) electrons. The quantitative estimate of drug-likeness (QED) is 0.870. The van der Waals surface area contributed by atoms with E-state index in [-0.39, 0.29) is 11.3 Å². The summed E-state index contributed by atoms with van der Waals surface area (Å²) in [4.78, 5) is 0.